The number of unbranched alkanes of at least 4 members (excludes halogenated alkanes) is 1. The summed E-state index contributed by atoms with van der Waals surface area (Å²) in [6.45, 7) is 1.58. The lowest BCUT2D eigenvalue weighted by Crippen LogP contribution is -2.59. The van der Waals surface area contributed by atoms with Crippen molar-refractivity contribution in [3.05, 3.63) is 12.2 Å². The van der Waals surface area contributed by atoms with E-state index in [1.165, 1.54) is 0 Å². The van der Waals surface area contributed by atoms with Gasteiger partial charge in [0.05, 0.1) is 0 Å². The standard InChI is InChI=1S/C10H11F9/c1-2-3-4-5-6-7(8(11,12)13,9(14,15)16)10(17,18)19/h4-5H,2-3,6H2,1H3/b5-4+. The normalized spacial score (nSPS) is 15.3. The van der Waals surface area contributed by atoms with E-state index in [0.717, 1.165) is 6.08 Å². The average molecular weight is 302 g/mol. The van der Waals surface area contributed by atoms with Crippen LogP contribution in [-0.4, -0.2) is 18.5 Å². The molecule has 0 aliphatic rings. The van der Waals surface area contributed by atoms with Crippen molar-refractivity contribution in [3.8, 4) is 0 Å². The maximum atomic E-state index is 12.4. The van der Waals surface area contributed by atoms with Crippen LogP contribution in [0.2, 0.25) is 0 Å². The Morgan fingerprint density at radius 1 is 0.684 bits per heavy atom. The molecule has 0 unspecified atom stereocenters. The molecule has 0 rings (SSSR count). The van der Waals surface area contributed by atoms with Gasteiger partial charge in [-0.05, 0) is 12.8 Å². The van der Waals surface area contributed by atoms with Gasteiger partial charge in [0.25, 0.3) is 5.41 Å². The van der Waals surface area contributed by atoms with Crippen LogP contribution in [0.5, 0.6) is 0 Å². The second kappa shape index (κ2) is 5.62. The van der Waals surface area contributed by atoms with E-state index in [2.05, 4.69) is 0 Å². The van der Waals surface area contributed by atoms with E-state index in [1.807, 2.05) is 0 Å². The van der Waals surface area contributed by atoms with Gasteiger partial charge in [-0.1, -0.05) is 25.5 Å². The van der Waals surface area contributed by atoms with Crippen molar-refractivity contribution in [2.45, 2.75) is 44.7 Å². The van der Waals surface area contributed by atoms with Gasteiger partial charge in [0, 0.05) is 0 Å². The number of hydrogen-bond acceptors (Lipinski definition) is 0. The van der Waals surface area contributed by atoms with E-state index < -0.39 is 30.4 Å². The Labute approximate surface area is 103 Å². The Kier molecular flexibility index (Phi) is 5.36. The summed E-state index contributed by atoms with van der Waals surface area (Å²) in [6.07, 6.45) is -20.0. The maximum absolute atomic E-state index is 12.4. The molecule has 0 saturated heterocycles. The summed E-state index contributed by atoms with van der Waals surface area (Å²) in [5.74, 6) is 0. The fraction of sp³-hybridized carbons (Fsp3) is 0.800. The summed E-state index contributed by atoms with van der Waals surface area (Å²) in [6, 6.07) is 0. The third-order valence-corrected chi connectivity index (χ3v) is 2.50. The molecule has 114 valence electrons. The van der Waals surface area contributed by atoms with Crippen LogP contribution in [0.25, 0.3) is 0 Å². The van der Waals surface area contributed by atoms with E-state index >= 15 is 0 Å². The Balaban J connectivity index is 5.69. The predicted octanol–water partition coefficient (Wildman–Crippen LogP) is 5.41. The lowest BCUT2D eigenvalue weighted by atomic mass is 9.81. The van der Waals surface area contributed by atoms with Gasteiger partial charge in [0.1, 0.15) is 0 Å². The van der Waals surface area contributed by atoms with Gasteiger partial charge in [-0.15, -0.1) is 0 Å². The van der Waals surface area contributed by atoms with Crippen molar-refractivity contribution >= 4 is 0 Å². The topological polar surface area (TPSA) is 0 Å². The van der Waals surface area contributed by atoms with E-state index in [9.17, 15) is 39.5 Å². The lowest BCUT2D eigenvalue weighted by molar-refractivity contribution is -0.425. The highest BCUT2D eigenvalue weighted by atomic mass is 19.4. The molecule has 0 aromatic heterocycles. The molecule has 19 heavy (non-hydrogen) atoms. The monoisotopic (exact) mass is 302 g/mol. The zero-order valence-corrected chi connectivity index (χ0v) is 9.68. The van der Waals surface area contributed by atoms with E-state index in [-0.39, 0.29) is 12.5 Å². The Hall–Kier alpha value is -0.890. The summed E-state index contributed by atoms with van der Waals surface area (Å²) in [5, 5.41) is 0. The molecule has 0 spiro atoms. The smallest absolute Gasteiger partial charge is 0.170 e. The average Bonchev–Trinajstić information content (AvgIpc) is 2.10. The fourth-order valence-electron chi connectivity index (χ4n) is 1.37. The van der Waals surface area contributed by atoms with E-state index in [1.54, 1.807) is 6.92 Å². The van der Waals surface area contributed by atoms with E-state index in [4.69, 9.17) is 0 Å². The molecule has 0 N–H and O–H groups in total. The fourth-order valence-corrected chi connectivity index (χ4v) is 1.37. The number of hydrogen-bond donors (Lipinski definition) is 0. The molecule has 0 bridgehead atoms. The molecule has 0 amide bonds. The summed E-state index contributed by atoms with van der Waals surface area (Å²) < 4.78 is 112. The first-order valence-electron chi connectivity index (χ1n) is 5.16. The SMILES string of the molecule is CCC/C=C/CC(C(F)(F)F)(C(F)(F)F)C(F)(F)F. The molecule has 0 aliphatic carbocycles. The van der Waals surface area contributed by atoms with Gasteiger partial charge in [0.15, 0.2) is 0 Å². The number of alkyl halides is 9. The van der Waals surface area contributed by atoms with Crippen molar-refractivity contribution in [1.82, 2.24) is 0 Å². The zero-order valence-electron chi connectivity index (χ0n) is 9.68. The minimum Gasteiger partial charge on any atom is -0.170 e. The highest BCUT2D eigenvalue weighted by molar-refractivity contribution is 5.04. The van der Waals surface area contributed by atoms with Gasteiger partial charge in [-0.2, -0.15) is 39.5 Å². The van der Waals surface area contributed by atoms with Crippen molar-refractivity contribution in [2.75, 3.05) is 0 Å². The van der Waals surface area contributed by atoms with Crippen molar-refractivity contribution < 1.29 is 39.5 Å². The van der Waals surface area contributed by atoms with Crippen LogP contribution >= 0.6 is 0 Å². The molecule has 0 nitrogen and oxygen atoms in total. The molecule has 0 heterocycles. The van der Waals surface area contributed by atoms with Crippen LogP contribution < -0.4 is 0 Å². The third-order valence-electron chi connectivity index (χ3n) is 2.50. The molecule has 9 heteroatoms. The van der Waals surface area contributed by atoms with Crippen LogP contribution in [0.15, 0.2) is 12.2 Å². The predicted molar refractivity (Wildman–Crippen MR) is 49.3 cm³/mol. The van der Waals surface area contributed by atoms with Crippen LogP contribution in [0, 0.1) is 5.41 Å². The quantitative estimate of drug-likeness (QED) is 0.481. The summed E-state index contributed by atoms with van der Waals surface area (Å²) in [5.41, 5.74) is -5.72. The van der Waals surface area contributed by atoms with Gasteiger partial charge in [0.2, 0.25) is 0 Å². The Morgan fingerprint density at radius 2 is 1.05 bits per heavy atom. The molecule has 0 saturated carbocycles. The van der Waals surface area contributed by atoms with Crippen LogP contribution in [0.3, 0.4) is 0 Å². The molecule has 0 aromatic carbocycles. The minimum atomic E-state index is -6.47. The summed E-state index contributed by atoms with van der Waals surface area (Å²) in [4.78, 5) is 0. The van der Waals surface area contributed by atoms with Gasteiger partial charge >= 0.3 is 18.5 Å². The Morgan fingerprint density at radius 3 is 1.32 bits per heavy atom. The highest BCUT2D eigenvalue weighted by Gasteiger charge is 2.82. The van der Waals surface area contributed by atoms with Crippen LogP contribution in [-0.2, 0) is 0 Å². The molecule has 0 radical (unpaired) electrons. The summed E-state index contributed by atoms with van der Waals surface area (Å²) in [7, 11) is 0. The molecule has 0 atom stereocenters. The van der Waals surface area contributed by atoms with Crippen molar-refractivity contribution in [2.24, 2.45) is 5.41 Å². The molecule has 0 fully saturated rings. The van der Waals surface area contributed by atoms with Crippen molar-refractivity contribution in [3.63, 3.8) is 0 Å². The molecule has 0 aromatic rings. The number of allylic oxidation sites excluding steroid dienone is 2. The first kappa shape index (κ1) is 18.1. The summed E-state index contributed by atoms with van der Waals surface area (Å²) >= 11 is 0. The Bertz CT molecular complexity index is 268. The van der Waals surface area contributed by atoms with Crippen LogP contribution in [0.1, 0.15) is 26.2 Å². The number of rotatable bonds is 4. The number of halogens is 9. The van der Waals surface area contributed by atoms with Crippen molar-refractivity contribution in [1.29, 1.82) is 0 Å². The lowest BCUT2D eigenvalue weighted by Gasteiger charge is -2.37. The van der Waals surface area contributed by atoms with Gasteiger partial charge in [-0.3, -0.25) is 0 Å². The maximum Gasteiger partial charge on any atom is 0.412 e. The second-order valence-electron chi connectivity index (χ2n) is 3.86. The van der Waals surface area contributed by atoms with Gasteiger partial charge < -0.3 is 0 Å². The first-order chi connectivity index (χ1) is 8.31. The van der Waals surface area contributed by atoms with E-state index in [0.29, 0.717) is 6.42 Å². The molecule has 0 aliphatic heterocycles. The highest BCUT2D eigenvalue weighted by Crippen LogP contribution is 2.61. The van der Waals surface area contributed by atoms with Crippen LogP contribution in [0.4, 0.5) is 39.5 Å². The van der Waals surface area contributed by atoms with Gasteiger partial charge in [-0.25, -0.2) is 0 Å². The third kappa shape index (κ3) is 3.56. The first-order valence-corrected chi connectivity index (χ1v) is 5.16. The molecular weight excluding hydrogens is 291 g/mol. The molecular formula is C10H11F9. The second-order valence-corrected chi connectivity index (χ2v) is 3.86. The largest absolute Gasteiger partial charge is 0.412 e. The zero-order chi connectivity index (χ0) is 15.5. The minimum absolute atomic E-state index is 0.101.